The zero-order valence-electron chi connectivity index (χ0n) is 10.4. The maximum Gasteiger partial charge on any atom is 0.306 e. The minimum Gasteiger partial charge on any atom is -0.481 e. The smallest absolute Gasteiger partial charge is 0.306 e. The molecule has 1 aromatic rings. The highest BCUT2D eigenvalue weighted by molar-refractivity contribution is 8.14. The standard InChI is InChI=1S/C13H14O5S/c1-18-12(16)8-10(7-11(14)15)19-13(17)9-5-3-2-4-6-9/h2-6,10H,7-8H2,1H3,(H,14,15)/t10-/m1/s1. The first-order chi connectivity index (χ1) is 9.02. The number of rotatable bonds is 6. The molecule has 1 atom stereocenters. The molecule has 0 aromatic heterocycles. The van der Waals surface area contributed by atoms with Crippen molar-refractivity contribution in [3.05, 3.63) is 35.9 Å². The molecule has 1 rings (SSSR count). The summed E-state index contributed by atoms with van der Waals surface area (Å²) in [5.41, 5.74) is 0.479. The lowest BCUT2D eigenvalue weighted by Gasteiger charge is -2.12. The number of ether oxygens (including phenoxy) is 1. The fourth-order valence-electron chi connectivity index (χ4n) is 1.41. The maximum atomic E-state index is 11.9. The van der Waals surface area contributed by atoms with Crippen LogP contribution >= 0.6 is 11.8 Å². The molecule has 0 saturated heterocycles. The fraction of sp³-hybridized carbons (Fsp3) is 0.308. The van der Waals surface area contributed by atoms with Crippen LogP contribution in [-0.2, 0) is 14.3 Å². The van der Waals surface area contributed by atoms with E-state index in [4.69, 9.17) is 5.11 Å². The van der Waals surface area contributed by atoms with Crippen LogP contribution in [-0.4, -0.2) is 34.5 Å². The average Bonchev–Trinajstić information content (AvgIpc) is 2.38. The Hall–Kier alpha value is -1.82. The predicted molar refractivity (Wildman–Crippen MR) is 71.0 cm³/mol. The van der Waals surface area contributed by atoms with Gasteiger partial charge in [0.2, 0.25) is 5.12 Å². The first-order valence-corrected chi connectivity index (χ1v) is 6.45. The third-order valence-corrected chi connectivity index (χ3v) is 3.42. The number of hydrogen-bond acceptors (Lipinski definition) is 5. The molecule has 0 radical (unpaired) electrons. The zero-order chi connectivity index (χ0) is 14.3. The Morgan fingerprint density at radius 2 is 1.84 bits per heavy atom. The van der Waals surface area contributed by atoms with Crippen molar-refractivity contribution in [1.82, 2.24) is 0 Å². The SMILES string of the molecule is COC(=O)C[C@@H](CC(=O)O)SC(=O)c1ccccc1. The number of carboxylic acids is 1. The van der Waals surface area contributed by atoms with E-state index in [0.29, 0.717) is 5.56 Å². The van der Waals surface area contributed by atoms with Crippen LogP contribution in [0.2, 0.25) is 0 Å². The highest BCUT2D eigenvalue weighted by Crippen LogP contribution is 2.23. The van der Waals surface area contributed by atoms with Gasteiger partial charge in [0.25, 0.3) is 0 Å². The van der Waals surface area contributed by atoms with E-state index in [1.165, 1.54) is 7.11 Å². The second kappa shape index (κ2) is 7.58. The highest BCUT2D eigenvalue weighted by atomic mass is 32.2. The third-order valence-electron chi connectivity index (χ3n) is 2.31. The second-order valence-corrected chi connectivity index (χ2v) is 5.04. The molecular formula is C13H14O5S. The number of carbonyl (C=O) groups is 3. The van der Waals surface area contributed by atoms with Gasteiger partial charge in [0.1, 0.15) is 0 Å². The van der Waals surface area contributed by atoms with E-state index in [1.54, 1.807) is 30.3 Å². The van der Waals surface area contributed by atoms with Crippen molar-refractivity contribution >= 4 is 28.8 Å². The van der Waals surface area contributed by atoms with Crippen molar-refractivity contribution in [2.45, 2.75) is 18.1 Å². The molecule has 0 saturated carbocycles. The Balaban J connectivity index is 2.68. The van der Waals surface area contributed by atoms with Crippen molar-refractivity contribution in [3.63, 3.8) is 0 Å². The van der Waals surface area contributed by atoms with E-state index in [9.17, 15) is 14.4 Å². The van der Waals surface area contributed by atoms with E-state index >= 15 is 0 Å². The van der Waals surface area contributed by atoms with Gasteiger partial charge in [-0.3, -0.25) is 14.4 Å². The molecule has 0 aliphatic carbocycles. The summed E-state index contributed by atoms with van der Waals surface area (Å²) >= 11 is 0.849. The summed E-state index contributed by atoms with van der Waals surface area (Å²) < 4.78 is 4.49. The van der Waals surface area contributed by atoms with Gasteiger partial charge in [-0.25, -0.2) is 0 Å². The number of esters is 1. The molecule has 0 heterocycles. The molecule has 0 aliphatic heterocycles. The van der Waals surface area contributed by atoms with Crippen LogP contribution in [0.25, 0.3) is 0 Å². The second-order valence-electron chi connectivity index (χ2n) is 3.77. The van der Waals surface area contributed by atoms with Crippen LogP contribution < -0.4 is 0 Å². The Morgan fingerprint density at radius 3 is 2.37 bits per heavy atom. The number of carbonyl (C=O) groups excluding carboxylic acids is 2. The van der Waals surface area contributed by atoms with E-state index in [1.807, 2.05) is 0 Å². The summed E-state index contributed by atoms with van der Waals surface area (Å²) in [5, 5.41) is 7.90. The molecule has 0 spiro atoms. The van der Waals surface area contributed by atoms with E-state index < -0.39 is 17.2 Å². The largest absolute Gasteiger partial charge is 0.481 e. The normalized spacial score (nSPS) is 11.6. The molecule has 6 heteroatoms. The van der Waals surface area contributed by atoms with Gasteiger partial charge in [-0.15, -0.1) is 0 Å². The number of benzene rings is 1. The van der Waals surface area contributed by atoms with Crippen LogP contribution in [0.1, 0.15) is 23.2 Å². The highest BCUT2D eigenvalue weighted by Gasteiger charge is 2.22. The van der Waals surface area contributed by atoms with Gasteiger partial charge < -0.3 is 9.84 Å². The molecule has 0 aliphatic rings. The maximum absolute atomic E-state index is 11.9. The monoisotopic (exact) mass is 282 g/mol. The van der Waals surface area contributed by atoms with Crippen LogP contribution in [0.15, 0.2) is 30.3 Å². The Kier molecular flexibility index (Phi) is 6.08. The van der Waals surface area contributed by atoms with Crippen LogP contribution in [0.3, 0.4) is 0 Å². The number of thioether (sulfide) groups is 1. The molecule has 19 heavy (non-hydrogen) atoms. The molecule has 0 bridgehead atoms. The molecule has 1 aromatic carbocycles. The molecule has 0 amide bonds. The van der Waals surface area contributed by atoms with Crippen LogP contribution in [0.4, 0.5) is 0 Å². The number of carboxylic acid groups (broad SMARTS) is 1. The minimum absolute atomic E-state index is 0.105. The summed E-state index contributed by atoms with van der Waals surface area (Å²) in [4.78, 5) is 33.8. The zero-order valence-corrected chi connectivity index (χ0v) is 11.2. The first kappa shape index (κ1) is 15.2. The van der Waals surface area contributed by atoms with E-state index in [0.717, 1.165) is 11.8 Å². The quantitative estimate of drug-likeness (QED) is 0.803. The van der Waals surface area contributed by atoms with Gasteiger partial charge in [0, 0.05) is 10.8 Å². The van der Waals surface area contributed by atoms with Crippen LogP contribution in [0.5, 0.6) is 0 Å². The van der Waals surface area contributed by atoms with Crippen molar-refractivity contribution in [1.29, 1.82) is 0 Å². The minimum atomic E-state index is -1.05. The average molecular weight is 282 g/mol. The van der Waals surface area contributed by atoms with Gasteiger partial charge >= 0.3 is 11.9 Å². The van der Waals surface area contributed by atoms with Gasteiger partial charge in [-0.2, -0.15) is 0 Å². The lowest BCUT2D eigenvalue weighted by atomic mass is 10.2. The summed E-state index contributed by atoms with van der Waals surface area (Å²) in [6, 6.07) is 8.52. The third kappa shape index (κ3) is 5.56. The van der Waals surface area contributed by atoms with Gasteiger partial charge in [0.05, 0.1) is 20.0 Å². The Morgan fingerprint density at radius 1 is 1.21 bits per heavy atom. The number of methoxy groups -OCH3 is 1. The molecule has 1 N–H and O–H groups in total. The lowest BCUT2D eigenvalue weighted by Crippen LogP contribution is -2.18. The number of aliphatic carboxylic acids is 1. The van der Waals surface area contributed by atoms with Crippen LogP contribution in [0, 0.1) is 0 Å². The molecule has 0 fully saturated rings. The molecular weight excluding hydrogens is 268 g/mol. The lowest BCUT2D eigenvalue weighted by molar-refractivity contribution is -0.141. The van der Waals surface area contributed by atoms with Crippen molar-refractivity contribution < 1.29 is 24.2 Å². The van der Waals surface area contributed by atoms with E-state index in [2.05, 4.69) is 4.74 Å². The predicted octanol–water partition coefficient (Wildman–Crippen LogP) is 1.97. The summed E-state index contributed by atoms with van der Waals surface area (Å²) in [6.07, 6.45) is -0.371. The fourth-order valence-corrected chi connectivity index (χ4v) is 2.43. The van der Waals surface area contributed by atoms with E-state index in [-0.39, 0.29) is 18.0 Å². The van der Waals surface area contributed by atoms with Crippen molar-refractivity contribution in [2.24, 2.45) is 0 Å². The molecule has 0 unspecified atom stereocenters. The number of hydrogen-bond donors (Lipinski definition) is 1. The summed E-state index contributed by atoms with van der Waals surface area (Å²) in [7, 11) is 1.23. The first-order valence-electron chi connectivity index (χ1n) is 5.57. The van der Waals surface area contributed by atoms with Crippen molar-refractivity contribution in [3.8, 4) is 0 Å². The van der Waals surface area contributed by atoms with Gasteiger partial charge in [0.15, 0.2) is 0 Å². The van der Waals surface area contributed by atoms with Gasteiger partial charge in [-0.1, -0.05) is 42.1 Å². The topological polar surface area (TPSA) is 80.7 Å². The summed E-state index contributed by atoms with van der Waals surface area (Å²) in [5.74, 6) is -1.58. The Bertz CT molecular complexity index is 457. The molecule has 102 valence electrons. The van der Waals surface area contributed by atoms with Crippen molar-refractivity contribution in [2.75, 3.05) is 7.11 Å². The molecule has 5 nitrogen and oxygen atoms in total. The Labute approximate surface area is 115 Å². The van der Waals surface area contributed by atoms with Gasteiger partial charge in [-0.05, 0) is 0 Å². The summed E-state index contributed by atoms with van der Waals surface area (Å²) in [6.45, 7) is 0.